The molecule has 4 heteroatoms. The van der Waals surface area contributed by atoms with Crippen LogP contribution >= 0.6 is 11.8 Å². The van der Waals surface area contributed by atoms with Crippen LogP contribution in [-0.4, -0.2) is 23.6 Å². The third-order valence-electron chi connectivity index (χ3n) is 3.21. The minimum absolute atomic E-state index is 0.275. The van der Waals surface area contributed by atoms with E-state index in [1.165, 1.54) is 6.07 Å². The molecule has 0 aliphatic carbocycles. The molecule has 2 rings (SSSR count). The van der Waals surface area contributed by atoms with Crippen LogP contribution in [0.3, 0.4) is 0 Å². The van der Waals surface area contributed by atoms with Crippen molar-refractivity contribution in [1.82, 2.24) is 0 Å². The molecule has 0 amide bonds. The first-order valence-electron chi connectivity index (χ1n) is 5.92. The van der Waals surface area contributed by atoms with E-state index in [9.17, 15) is 4.39 Å². The van der Waals surface area contributed by atoms with Crippen molar-refractivity contribution in [3.05, 3.63) is 24.0 Å². The van der Waals surface area contributed by atoms with E-state index < -0.39 is 0 Å². The number of benzene rings is 1. The number of rotatable bonds is 1. The summed E-state index contributed by atoms with van der Waals surface area (Å²) in [6.07, 6.45) is 1.09. The van der Waals surface area contributed by atoms with E-state index in [2.05, 4.69) is 18.7 Å². The number of nitrogens with zero attached hydrogens (tertiary/aromatic N) is 1. The van der Waals surface area contributed by atoms with Crippen LogP contribution in [0.15, 0.2) is 18.2 Å². The van der Waals surface area contributed by atoms with Crippen LogP contribution in [0.25, 0.3) is 0 Å². The summed E-state index contributed by atoms with van der Waals surface area (Å²) in [5, 5.41) is 0. The number of hydrogen-bond donors (Lipinski definition) is 1. The van der Waals surface area contributed by atoms with Gasteiger partial charge in [0, 0.05) is 23.6 Å². The van der Waals surface area contributed by atoms with Gasteiger partial charge in [0.25, 0.3) is 0 Å². The Bertz CT molecular complexity index is 406. The molecule has 2 N–H and O–H groups in total. The standard InChI is InChI=1S/C13H19FN2S/c1-13(2)6-7-16(8-9-17-13)11-5-3-4-10(14)12(11)15/h3-5H,6-9,15H2,1-2H3. The third kappa shape index (κ3) is 2.86. The molecule has 1 heterocycles. The lowest BCUT2D eigenvalue weighted by Gasteiger charge is -2.25. The minimum Gasteiger partial charge on any atom is -0.395 e. The zero-order valence-electron chi connectivity index (χ0n) is 10.4. The van der Waals surface area contributed by atoms with Gasteiger partial charge < -0.3 is 10.6 Å². The molecule has 0 radical (unpaired) electrons. The van der Waals surface area contributed by atoms with E-state index in [0.717, 1.165) is 31.0 Å². The average molecular weight is 254 g/mol. The normalized spacial score (nSPS) is 20.1. The first kappa shape index (κ1) is 12.6. The predicted molar refractivity (Wildman–Crippen MR) is 74.2 cm³/mol. The van der Waals surface area contributed by atoms with Crippen molar-refractivity contribution in [3.63, 3.8) is 0 Å². The minimum atomic E-state index is -0.321. The molecule has 1 aromatic carbocycles. The molecule has 17 heavy (non-hydrogen) atoms. The first-order chi connectivity index (χ1) is 7.99. The van der Waals surface area contributed by atoms with Crippen LogP contribution in [0, 0.1) is 5.82 Å². The molecular formula is C13H19FN2S. The summed E-state index contributed by atoms with van der Waals surface area (Å²) < 4.78 is 13.7. The molecule has 1 saturated heterocycles. The molecule has 0 aromatic heterocycles. The summed E-state index contributed by atoms with van der Waals surface area (Å²) in [4.78, 5) is 2.19. The molecular weight excluding hydrogens is 235 g/mol. The lowest BCUT2D eigenvalue weighted by molar-refractivity contribution is 0.625. The van der Waals surface area contributed by atoms with Crippen molar-refractivity contribution in [2.24, 2.45) is 0 Å². The summed E-state index contributed by atoms with van der Waals surface area (Å²) in [5.41, 5.74) is 6.92. The number of para-hydroxylation sites is 1. The molecule has 0 atom stereocenters. The summed E-state index contributed by atoms with van der Waals surface area (Å²) in [6, 6.07) is 5.04. The highest BCUT2D eigenvalue weighted by Gasteiger charge is 2.24. The molecule has 0 spiro atoms. The van der Waals surface area contributed by atoms with Gasteiger partial charge in [-0.05, 0) is 18.6 Å². The molecule has 1 fully saturated rings. The zero-order chi connectivity index (χ0) is 12.5. The lowest BCUT2D eigenvalue weighted by atomic mass is 10.1. The number of thioether (sulfide) groups is 1. The highest BCUT2D eigenvalue weighted by molar-refractivity contribution is 8.00. The molecule has 94 valence electrons. The van der Waals surface area contributed by atoms with Crippen molar-refractivity contribution in [1.29, 1.82) is 0 Å². The van der Waals surface area contributed by atoms with Gasteiger partial charge in [0.05, 0.1) is 11.4 Å². The molecule has 0 saturated carbocycles. The number of halogens is 1. The van der Waals surface area contributed by atoms with Crippen molar-refractivity contribution < 1.29 is 4.39 Å². The van der Waals surface area contributed by atoms with Gasteiger partial charge in [-0.15, -0.1) is 0 Å². The fraction of sp³-hybridized carbons (Fsp3) is 0.538. The highest BCUT2D eigenvalue weighted by Crippen LogP contribution is 2.34. The van der Waals surface area contributed by atoms with Crippen molar-refractivity contribution in [3.8, 4) is 0 Å². The SMILES string of the molecule is CC1(C)CCN(c2cccc(F)c2N)CCS1. The maximum Gasteiger partial charge on any atom is 0.148 e. The van der Waals surface area contributed by atoms with Crippen LogP contribution in [0.2, 0.25) is 0 Å². The average Bonchev–Trinajstić information content (AvgIpc) is 2.44. The van der Waals surface area contributed by atoms with Crippen LogP contribution in [0.5, 0.6) is 0 Å². The Morgan fingerprint density at radius 3 is 2.88 bits per heavy atom. The van der Waals surface area contributed by atoms with Gasteiger partial charge >= 0.3 is 0 Å². The molecule has 1 aliphatic rings. The van der Waals surface area contributed by atoms with Crippen molar-refractivity contribution in [2.45, 2.75) is 25.0 Å². The van der Waals surface area contributed by atoms with Crippen molar-refractivity contribution in [2.75, 3.05) is 29.5 Å². The van der Waals surface area contributed by atoms with E-state index in [1.807, 2.05) is 17.8 Å². The van der Waals surface area contributed by atoms with Gasteiger partial charge in [-0.1, -0.05) is 19.9 Å². The second kappa shape index (κ2) is 4.77. The van der Waals surface area contributed by atoms with Gasteiger partial charge in [0.2, 0.25) is 0 Å². The molecule has 2 nitrogen and oxygen atoms in total. The topological polar surface area (TPSA) is 29.3 Å². The highest BCUT2D eigenvalue weighted by atomic mass is 32.2. The monoisotopic (exact) mass is 254 g/mol. The maximum absolute atomic E-state index is 13.4. The summed E-state index contributed by atoms with van der Waals surface area (Å²) in [6.45, 7) is 6.39. The quantitative estimate of drug-likeness (QED) is 0.781. The van der Waals surface area contributed by atoms with E-state index in [4.69, 9.17) is 5.73 Å². The maximum atomic E-state index is 13.4. The van der Waals surface area contributed by atoms with E-state index in [0.29, 0.717) is 4.75 Å². The second-order valence-electron chi connectivity index (χ2n) is 5.02. The number of nitrogens with two attached hydrogens (primary N) is 1. The predicted octanol–water partition coefficient (Wildman–Crippen LogP) is 3.13. The Balaban J connectivity index is 2.20. The van der Waals surface area contributed by atoms with E-state index >= 15 is 0 Å². The van der Waals surface area contributed by atoms with Crippen LogP contribution in [0.4, 0.5) is 15.8 Å². The second-order valence-corrected chi connectivity index (χ2v) is 6.82. The van der Waals surface area contributed by atoms with Crippen LogP contribution in [0.1, 0.15) is 20.3 Å². The number of hydrogen-bond acceptors (Lipinski definition) is 3. The Morgan fingerprint density at radius 2 is 2.12 bits per heavy atom. The first-order valence-corrected chi connectivity index (χ1v) is 6.91. The van der Waals surface area contributed by atoms with Gasteiger partial charge in [0.1, 0.15) is 5.82 Å². The van der Waals surface area contributed by atoms with Gasteiger partial charge in [-0.3, -0.25) is 0 Å². The van der Waals surface area contributed by atoms with Crippen LogP contribution < -0.4 is 10.6 Å². The molecule has 0 unspecified atom stereocenters. The third-order valence-corrected chi connectivity index (χ3v) is 4.58. The summed E-state index contributed by atoms with van der Waals surface area (Å²) >= 11 is 1.97. The molecule has 1 aliphatic heterocycles. The Labute approximate surface area is 106 Å². The van der Waals surface area contributed by atoms with Crippen molar-refractivity contribution >= 4 is 23.1 Å². The largest absolute Gasteiger partial charge is 0.395 e. The Kier molecular flexibility index (Phi) is 3.52. The van der Waals surface area contributed by atoms with Gasteiger partial charge in [-0.2, -0.15) is 11.8 Å². The lowest BCUT2D eigenvalue weighted by Crippen LogP contribution is -2.27. The van der Waals surface area contributed by atoms with E-state index in [-0.39, 0.29) is 11.5 Å². The Hall–Kier alpha value is -0.900. The summed E-state index contributed by atoms with van der Waals surface area (Å²) in [5.74, 6) is 0.738. The molecule has 1 aromatic rings. The fourth-order valence-corrected chi connectivity index (χ4v) is 3.16. The van der Waals surface area contributed by atoms with Gasteiger partial charge in [-0.25, -0.2) is 4.39 Å². The number of nitrogen functional groups attached to an aromatic ring is 1. The van der Waals surface area contributed by atoms with E-state index in [1.54, 1.807) is 6.07 Å². The Morgan fingerprint density at radius 1 is 1.35 bits per heavy atom. The van der Waals surface area contributed by atoms with Gasteiger partial charge in [0.15, 0.2) is 0 Å². The molecule has 0 bridgehead atoms. The zero-order valence-corrected chi connectivity index (χ0v) is 11.2. The summed E-state index contributed by atoms with van der Waals surface area (Å²) in [7, 11) is 0. The van der Waals surface area contributed by atoms with Crippen LogP contribution in [-0.2, 0) is 0 Å². The number of anilines is 2. The fourth-order valence-electron chi connectivity index (χ4n) is 2.06. The smallest absolute Gasteiger partial charge is 0.148 e.